The minimum atomic E-state index is -0.735. The van der Waals surface area contributed by atoms with Crippen LogP contribution in [0, 0.1) is 11.6 Å². The van der Waals surface area contributed by atoms with Crippen molar-refractivity contribution < 1.29 is 18.3 Å². The lowest BCUT2D eigenvalue weighted by Gasteiger charge is -2.00. The van der Waals surface area contributed by atoms with Crippen molar-refractivity contribution in [3.63, 3.8) is 0 Å². The fourth-order valence-corrected chi connectivity index (χ4v) is 0.931. The molecule has 1 rings (SSSR count). The molecule has 0 heterocycles. The van der Waals surface area contributed by atoms with Gasteiger partial charge in [-0.25, -0.2) is 13.6 Å². The first-order chi connectivity index (χ1) is 7.04. The van der Waals surface area contributed by atoms with Gasteiger partial charge in [-0.15, -0.1) is 0 Å². The molecule has 5 heteroatoms. The van der Waals surface area contributed by atoms with E-state index in [1.54, 1.807) is 0 Å². The fraction of sp³-hybridized carbons (Fsp3) is 0.100. The maximum absolute atomic E-state index is 13.1. The molecular formula is C10H9F2NO2. The number of nitrogen functional groups attached to an aromatic ring is 1. The summed E-state index contributed by atoms with van der Waals surface area (Å²) < 4.78 is 30.4. The highest BCUT2D eigenvalue weighted by atomic mass is 19.1. The van der Waals surface area contributed by atoms with E-state index in [1.165, 1.54) is 7.11 Å². The molecule has 0 radical (unpaired) electrons. The predicted molar refractivity (Wildman–Crippen MR) is 51.8 cm³/mol. The zero-order chi connectivity index (χ0) is 11.4. The Kier molecular flexibility index (Phi) is 3.38. The van der Waals surface area contributed by atoms with E-state index in [0.29, 0.717) is 0 Å². The third kappa shape index (κ3) is 2.77. The Morgan fingerprint density at radius 2 is 2.07 bits per heavy atom. The monoisotopic (exact) mass is 213 g/mol. The van der Waals surface area contributed by atoms with Gasteiger partial charge in [0.2, 0.25) is 0 Å². The van der Waals surface area contributed by atoms with Crippen LogP contribution < -0.4 is 5.73 Å². The second kappa shape index (κ2) is 4.54. The quantitative estimate of drug-likeness (QED) is 0.462. The number of benzene rings is 1. The number of rotatable bonds is 2. The van der Waals surface area contributed by atoms with Gasteiger partial charge in [0, 0.05) is 17.7 Å². The molecule has 2 N–H and O–H groups in total. The molecule has 0 aliphatic heterocycles. The molecule has 0 saturated heterocycles. The molecule has 0 spiro atoms. The topological polar surface area (TPSA) is 52.3 Å². The van der Waals surface area contributed by atoms with E-state index in [4.69, 9.17) is 5.73 Å². The molecule has 0 atom stereocenters. The first-order valence-electron chi connectivity index (χ1n) is 4.05. The molecule has 1 aromatic rings. The van der Waals surface area contributed by atoms with E-state index in [2.05, 4.69) is 4.74 Å². The summed E-state index contributed by atoms with van der Waals surface area (Å²) in [5.74, 6) is -2.08. The molecule has 0 fully saturated rings. The van der Waals surface area contributed by atoms with Crippen LogP contribution in [0.4, 0.5) is 14.5 Å². The van der Waals surface area contributed by atoms with Crippen molar-refractivity contribution in [3.8, 4) is 0 Å². The molecule has 0 aliphatic rings. The van der Waals surface area contributed by atoms with Crippen molar-refractivity contribution in [1.29, 1.82) is 0 Å². The van der Waals surface area contributed by atoms with E-state index < -0.39 is 17.6 Å². The van der Waals surface area contributed by atoms with Crippen LogP contribution in [0.3, 0.4) is 0 Å². The van der Waals surface area contributed by atoms with Gasteiger partial charge in [0.15, 0.2) is 0 Å². The first kappa shape index (κ1) is 11.2. The lowest BCUT2D eigenvalue weighted by Crippen LogP contribution is -1.96. The highest BCUT2D eigenvalue weighted by Crippen LogP contribution is 2.17. The van der Waals surface area contributed by atoms with Crippen LogP contribution in [0.2, 0.25) is 0 Å². The van der Waals surface area contributed by atoms with Crippen LogP contribution in [0.25, 0.3) is 6.08 Å². The molecule has 0 aromatic heterocycles. The summed E-state index contributed by atoms with van der Waals surface area (Å²) in [7, 11) is 1.19. The third-order valence-electron chi connectivity index (χ3n) is 1.72. The third-order valence-corrected chi connectivity index (χ3v) is 1.72. The molecule has 0 amide bonds. The van der Waals surface area contributed by atoms with Gasteiger partial charge in [0.1, 0.15) is 11.6 Å². The van der Waals surface area contributed by atoms with Crippen molar-refractivity contribution in [1.82, 2.24) is 0 Å². The summed E-state index contributed by atoms with van der Waals surface area (Å²) in [5, 5.41) is 0. The van der Waals surface area contributed by atoms with Crippen LogP contribution in [0.15, 0.2) is 18.2 Å². The predicted octanol–water partition coefficient (Wildman–Crippen LogP) is 1.73. The fourth-order valence-electron chi connectivity index (χ4n) is 0.931. The second-order valence-corrected chi connectivity index (χ2v) is 2.75. The molecule has 0 unspecified atom stereocenters. The zero-order valence-corrected chi connectivity index (χ0v) is 7.96. The molecule has 0 bridgehead atoms. The number of ether oxygens (including phenoxy) is 1. The number of carbonyl (C=O) groups excluding carboxylic acids is 1. The molecule has 15 heavy (non-hydrogen) atoms. The molecule has 1 aromatic carbocycles. The minimum Gasteiger partial charge on any atom is -0.466 e. The number of hydrogen-bond acceptors (Lipinski definition) is 3. The van der Waals surface area contributed by atoms with Crippen molar-refractivity contribution in [2.45, 2.75) is 0 Å². The Hall–Kier alpha value is -1.91. The molecule has 3 nitrogen and oxygen atoms in total. The normalized spacial score (nSPS) is 10.6. The first-order valence-corrected chi connectivity index (χ1v) is 4.05. The summed E-state index contributed by atoms with van der Waals surface area (Å²) in [6.45, 7) is 0. The Morgan fingerprint density at radius 3 is 2.67 bits per heavy atom. The molecule has 0 saturated carbocycles. The van der Waals surface area contributed by atoms with Gasteiger partial charge < -0.3 is 10.5 Å². The molecule has 0 aliphatic carbocycles. The number of methoxy groups -OCH3 is 1. The smallest absolute Gasteiger partial charge is 0.330 e. The minimum absolute atomic E-state index is 0.0629. The maximum Gasteiger partial charge on any atom is 0.330 e. The summed E-state index contributed by atoms with van der Waals surface area (Å²) in [5.41, 5.74) is 4.80. The van der Waals surface area contributed by atoms with E-state index in [9.17, 15) is 13.6 Å². The van der Waals surface area contributed by atoms with Crippen LogP contribution >= 0.6 is 0 Å². The van der Waals surface area contributed by atoms with Crippen LogP contribution in [-0.2, 0) is 9.53 Å². The van der Waals surface area contributed by atoms with Gasteiger partial charge in [0.25, 0.3) is 0 Å². The number of esters is 1. The number of carbonyl (C=O) groups is 1. The van der Waals surface area contributed by atoms with E-state index in [1.807, 2.05) is 0 Å². The summed E-state index contributed by atoms with van der Waals surface area (Å²) in [4.78, 5) is 10.7. The van der Waals surface area contributed by atoms with Gasteiger partial charge in [-0.1, -0.05) is 0 Å². The second-order valence-electron chi connectivity index (χ2n) is 2.75. The largest absolute Gasteiger partial charge is 0.466 e. The Bertz CT molecular complexity index is 416. The van der Waals surface area contributed by atoms with Gasteiger partial charge >= 0.3 is 5.97 Å². The average Bonchev–Trinajstić information content (AvgIpc) is 2.21. The van der Waals surface area contributed by atoms with Crippen molar-refractivity contribution in [3.05, 3.63) is 35.4 Å². The van der Waals surface area contributed by atoms with E-state index in [-0.39, 0.29) is 11.3 Å². The zero-order valence-electron chi connectivity index (χ0n) is 7.96. The van der Waals surface area contributed by atoms with Crippen LogP contribution in [0.1, 0.15) is 5.56 Å². The van der Waals surface area contributed by atoms with Crippen molar-refractivity contribution in [2.24, 2.45) is 0 Å². The summed E-state index contributed by atoms with van der Waals surface area (Å²) in [6.07, 6.45) is 2.11. The van der Waals surface area contributed by atoms with E-state index >= 15 is 0 Å². The highest BCUT2D eigenvalue weighted by molar-refractivity contribution is 5.87. The Balaban J connectivity index is 3.00. The number of hydrogen-bond donors (Lipinski definition) is 1. The Labute approximate surface area is 85.1 Å². The van der Waals surface area contributed by atoms with Gasteiger partial charge in [0.05, 0.1) is 12.8 Å². The van der Waals surface area contributed by atoms with Crippen LogP contribution in [0.5, 0.6) is 0 Å². The number of nitrogens with two attached hydrogens (primary N) is 1. The Morgan fingerprint density at radius 1 is 1.40 bits per heavy atom. The van der Waals surface area contributed by atoms with Gasteiger partial charge in [-0.2, -0.15) is 0 Å². The highest BCUT2D eigenvalue weighted by Gasteiger charge is 2.05. The average molecular weight is 213 g/mol. The lowest BCUT2D eigenvalue weighted by molar-refractivity contribution is -0.134. The maximum atomic E-state index is 13.1. The molecular weight excluding hydrogens is 204 g/mol. The van der Waals surface area contributed by atoms with Crippen molar-refractivity contribution >= 4 is 17.7 Å². The van der Waals surface area contributed by atoms with Crippen LogP contribution in [-0.4, -0.2) is 13.1 Å². The lowest BCUT2D eigenvalue weighted by atomic mass is 10.1. The number of anilines is 1. The molecule has 80 valence electrons. The van der Waals surface area contributed by atoms with E-state index in [0.717, 1.165) is 24.3 Å². The van der Waals surface area contributed by atoms with Gasteiger partial charge in [-0.05, 0) is 12.1 Å². The SMILES string of the molecule is COC(=O)C=Cc1cc(F)c(N)cc1F. The summed E-state index contributed by atoms with van der Waals surface area (Å²) >= 11 is 0. The summed E-state index contributed by atoms with van der Waals surface area (Å²) in [6, 6.07) is 1.76. The standard InChI is InChI=1S/C10H9F2NO2/c1-15-10(14)3-2-6-4-8(12)9(13)5-7(6)11/h2-5H,13H2,1H3. The number of halogens is 2. The van der Waals surface area contributed by atoms with Gasteiger partial charge in [-0.3, -0.25) is 0 Å². The van der Waals surface area contributed by atoms with Crippen molar-refractivity contribution in [2.75, 3.05) is 12.8 Å².